The highest BCUT2D eigenvalue weighted by Crippen LogP contribution is 2.48. The summed E-state index contributed by atoms with van der Waals surface area (Å²) < 4.78 is 40.5. The molecule has 1 saturated heterocycles. The van der Waals surface area contributed by atoms with Gasteiger partial charge in [-0.1, -0.05) is 24.3 Å². The Hall–Kier alpha value is -2.52. The topological polar surface area (TPSA) is 82.6 Å². The van der Waals surface area contributed by atoms with Crippen molar-refractivity contribution in [3.8, 4) is 0 Å². The maximum Gasteiger partial charge on any atom is 0.223 e. The number of anilines is 1. The Morgan fingerprint density at radius 2 is 1.83 bits per heavy atom. The number of carbonyl (C=O) groups is 1. The van der Waals surface area contributed by atoms with Crippen molar-refractivity contribution in [1.82, 2.24) is 14.6 Å². The van der Waals surface area contributed by atoms with Crippen molar-refractivity contribution in [3.05, 3.63) is 60.0 Å². The summed E-state index contributed by atoms with van der Waals surface area (Å²) >= 11 is 0. The SMILES string of the molecule is O=C(NCCS(=O)(=O)N1CCN(c2ccccn2)CC1)C1CC1c1ccccc1F. The molecule has 0 bridgehead atoms. The van der Waals surface area contributed by atoms with E-state index in [9.17, 15) is 17.6 Å². The molecule has 0 spiro atoms. The molecule has 9 heteroatoms. The molecular formula is C21H25FN4O3S. The van der Waals surface area contributed by atoms with Crippen LogP contribution in [0.3, 0.4) is 0 Å². The van der Waals surface area contributed by atoms with Crippen molar-refractivity contribution in [2.75, 3.05) is 43.4 Å². The van der Waals surface area contributed by atoms with E-state index in [0.29, 0.717) is 38.2 Å². The molecule has 1 aromatic heterocycles. The molecule has 2 aliphatic rings. The monoisotopic (exact) mass is 432 g/mol. The lowest BCUT2D eigenvalue weighted by molar-refractivity contribution is -0.122. The standard InChI is InChI=1S/C21H25FN4O3S/c22-19-6-2-1-5-16(19)17-15-18(17)21(27)24-9-14-30(28,29)26-12-10-25(11-13-26)20-7-3-4-8-23-20/h1-8,17-18H,9-15H2,(H,24,27). The van der Waals surface area contributed by atoms with Gasteiger partial charge in [-0.05, 0) is 36.1 Å². The zero-order chi connectivity index (χ0) is 21.1. The zero-order valence-corrected chi connectivity index (χ0v) is 17.4. The van der Waals surface area contributed by atoms with E-state index >= 15 is 0 Å². The van der Waals surface area contributed by atoms with Crippen LogP contribution in [-0.4, -0.2) is 62.1 Å². The third-order valence-corrected chi connectivity index (χ3v) is 7.57. The molecule has 1 aliphatic carbocycles. The normalized spacial score (nSPS) is 22.0. The lowest BCUT2D eigenvalue weighted by Gasteiger charge is -2.34. The second-order valence-corrected chi connectivity index (χ2v) is 9.74. The fourth-order valence-electron chi connectivity index (χ4n) is 3.90. The summed E-state index contributed by atoms with van der Waals surface area (Å²) in [6.07, 6.45) is 2.31. The van der Waals surface area contributed by atoms with E-state index in [2.05, 4.69) is 15.2 Å². The van der Waals surface area contributed by atoms with Crippen LogP contribution in [-0.2, 0) is 14.8 Å². The number of aromatic nitrogens is 1. The van der Waals surface area contributed by atoms with Gasteiger partial charge in [0.05, 0.1) is 5.75 Å². The fourth-order valence-corrected chi connectivity index (χ4v) is 5.24. The largest absolute Gasteiger partial charge is 0.355 e. The number of pyridine rings is 1. The van der Waals surface area contributed by atoms with Gasteiger partial charge in [0.25, 0.3) is 0 Å². The van der Waals surface area contributed by atoms with Crippen molar-refractivity contribution in [1.29, 1.82) is 0 Å². The molecule has 1 amide bonds. The van der Waals surface area contributed by atoms with Gasteiger partial charge in [-0.15, -0.1) is 0 Å². The van der Waals surface area contributed by atoms with Gasteiger partial charge >= 0.3 is 0 Å². The summed E-state index contributed by atoms with van der Waals surface area (Å²) in [6.45, 7) is 2.00. The van der Waals surface area contributed by atoms with E-state index in [4.69, 9.17) is 0 Å². The fraction of sp³-hybridized carbons (Fsp3) is 0.429. The van der Waals surface area contributed by atoms with Crippen molar-refractivity contribution in [3.63, 3.8) is 0 Å². The summed E-state index contributed by atoms with van der Waals surface area (Å²) in [7, 11) is -3.45. The van der Waals surface area contributed by atoms with Crippen LogP contribution < -0.4 is 10.2 Å². The van der Waals surface area contributed by atoms with Gasteiger partial charge in [0, 0.05) is 44.8 Å². The summed E-state index contributed by atoms with van der Waals surface area (Å²) in [5.74, 6) is -0.215. The molecule has 2 unspecified atom stereocenters. The number of nitrogens with zero attached hydrogens (tertiary/aromatic N) is 3. The molecule has 1 saturated carbocycles. The van der Waals surface area contributed by atoms with Crippen LogP contribution >= 0.6 is 0 Å². The van der Waals surface area contributed by atoms with Crippen molar-refractivity contribution in [2.24, 2.45) is 5.92 Å². The minimum Gasteiger partial charge on any atom is -0.355 e. The minimum atomic E-state index is -3.45. The highest BCUT2D eigenvalue weighted by atomic mass is 32.2. The van der Waals surface area contributed by atoms with Gasteiger partial charge < -0.3 is 10.2 Å². The molecule has 160 valence electrons. The first-order chi connectivity index (χ1) is 14.5. The molecule has 0 radical (unpaired) electrons. The van der Waals surface area contributed by atoms with Crippen LogP contribution in [0.5, 0.6) is 0 Å². The number of sulfonamides is 1. The number of halogens is 1. The second kappa shape index (κ2) is 8.69. The molecule has 1 N–H and O–H groups in total. The molecule has 4 rings (SSSR count). The Labute approximate surface area is 176 Å². The van der Waals surface area contributed by atoms with E-state index in [1.807, 2.05) is 18.2 Å². The van der Waals surface area contributed by atoms with E-state index in [1.54, 1.807) is 24.4 Å². The molecule has 2 heterocycles. The van der Waals surface area contributed by atoms with Crippen molar-refractivity contribution < 1.29 is 17.6 Å². The van der Waals surface area contributed by atoms with Crippen LogP contribution in [0, 0.1) is 11.7 Å². The van der Waals surface area contributed by atoms with Gasteiger partial charge in [-0.2, -0.15) is 4.31 Å². The second-order valence-electron chi connectivity index (χ2n) is 7.65. The molecule has 1 aliphatic heterocycles. The van der Waals surface area contributed by atoms with Gasteiger partial charge in [0.15, 0.2) is 0 Å². The first-order valence-electron chi connectivity index (χ1n) is 10.1. The third kappa shape index (κ3) is 4.62. The van der Waals surface area contributed by atoms with E-state index in [-0.39, 0.29) is 35.9 Å². The maximum absolute atomic E-state index is 13.8. The van der Waals surface area contributed by atoms with Gasteiger partial charge in [-0.25, -0.2) is 17.8 Å². The van der Waals surface area contributed by atoms with Gasteiger partial charge in [0.2, 0.25) is 15.9 Å². The maximum atomic E-state index is 13.8. The lowest BCUT2D eigenvalue weighted by atomic mass is 10.1. The predicted octanol–water partition coefficient (Wildman–Crippen LogP) is 1.59. The number of rotatable bonds is 7. The number of benzene rings is 1. The number of piperazine rings is 1. The van der Waals surface area contributed by atoms with E-state index in [1.165, 1.54) is 10.4 Å². The lowest BCUT2D eigenvalue weighted by Crippen LogP contribution is -2.50. The number of carbonyl (C=O) groups excluding carboxylic acids is 1. The van der Waals surface area contributed by atoms with Crippen LogP contribution in [0.4, 0.5) is 10.2 Å². The highest BCUT2D eigenvalue weighted by Gasteiger charge is 2.45. The quantitative estimate of drug-likeness (QED) is 0.719. The van der Waals surface area contributed by atoms with E-state index in [0.717, 1.165) is 5.82 Å². The molecule has 2 fully saturated rings. The Balaban J connectivity index is 1.22. The first kappa shape index (κ1) is 20.7. The van der Waals surface area contributed by atoms with E-state index < -0.39 is 10.0 Å². The third-order valence-electron chi connectivity index (χ3n) is 5.70. The molecule has 30 heavy (non-hydrogen) atoms. The molecule has 2 atom stereocenters. The zero-order valence-electron chi connectivity index (χ0n) is 16.6. The minimum absolute atomic E-state index is 0.0577. The van der Waals surface area contributed by atoms with Crippen LogP contribution in [0.25, 0.3) is 0 Å². The van der Waals surface area contributed by atoms with Crippen molar-refractivity contribution in [2.45, 2.75) is 12.3 Å². The number of amides is 1. The Morgan fingerprint density at radius 1 is 1.10 bits per heavy atom. The van der Waals surface area contributed by atoms with Gasteiger partial charge in [0.1, 0.15) is 11.6 Å². The highest BCUT2D eigenvalue weighted by molar-refractivity contribution is 7.89. The number of hydrogen-bond donors (Lipinski definition) is 1. The predicted molar refractivity (Wildman–Crippen MR) is 112 cm³/mol. The summed E-state index contributed by atoms with van der Waals surface area (Å²) in [5.41, 5.74) is 0.552. The molecule has 7 nitrogen and oxygen atoms in total. The molecular weight excluding hydrogens is 407 g/mol. The number of nitrogens with one attached hydrogen (secondary N) is 1. The summed E-state index contributed by atoms with van der Waals surface area (Å²) in [4.78, 5) is 18.7. The smallest absolute Gasteiger partial charge is 0.223 e. The summed E-state index contributed by atoms with van der Waals surface area (Å²) in [5, 5.41) is 2.71. The average molecular weight is 433 g/mol. The number of hydrogen-bond acceptors (Lipinski definition) is 5. The Bertz CT molecular complexity index is 994. The van der Waals surface area contributed by atoms with Crippen LogP contribution in [0.2, 0.25) is 0 Å². The molecule has 1 aromatic carbocycles. The van der Waals surface area contributed by atoms with Gasteiger partial charge in [-0.3, -0.25) is 4.79 Å². The van der Waals surface area contributed by atoms with Crippen molar-refractivity contribution >= 4 is 21.7 Å². The Kier molecular flexibility index (Phi) is 6.01. The molecule has 2 aromatic rings. The average Bonchev–Trinajstić information content (AvgIpc) is 3.55. The Morgan fingerprint density at radius 3 is 2.53 bits per heavy atom. The summed E-state index contributed by atoms with van der Waals surface area (Å²) in [6, 6.07) is 12.1. The van der Waals surface area contributed by atoms with Crippen LogP contribution in [0.1, 0.15) is 17.9 Å². The first-order valence-corrected chi connectivity index (χ1v) is 11.7. The van der Waals surface area contributed by atoms with Crippen LogP contribution in [0.15, 0.2) is 48.7 Å².